The van der Waals surface area contributed by atoms with E-state index in [1.165, 1.54) is 11.3 Å². The first kappa shape index (κ1) is 12.5. The molecule has 0 atom stereocenters. The third kappa shape index (κ3) is 2.82. The van der Waals surface area contributed by atoms with Gasteiger partial charge in [0.2, 0.25) is 5.91 Å². The van der Waals surface area contributed by atoms with Crippen molar-refractivity contribution in [3.05, 3.63) is 44.9 Å². The van der Waals surface area contributed by atoms with E-state index in [1.54, 1.807) is 29.6 Å². The number of carbonyl (C=O) groups excluding carboxylic acids is 2. The summed E-state index contributed by atoms with van der Waals surface area (Å²) in [6.07, 6.45) is 0. The van der Waals surface area contributed by atoms with Crippen LogP contribution < -0.4 is 11.1 Å². The Labute approximate surface area is 112 Å². The Morgan fingerprint density at radius 1 is 1.28 bits per heavy atom. The minimum atomic E-state index is -0.505. The van der Waals surface area contributed by atoms with Crippen molar-refractivity contribution in [1.29, 1.82) is 0 Å². The fourth-order valence-corrected chi connectivity index (χ4v) is 2.12. The van der Waals surface area contributed by atoms with Gasteiger partial charge in [0.1, 0.15) is 5.69 Å². The lowest BCUT2D eigenvalue weighted by atomic mass is 10.2. The zero-order valence-corrected chi connectivity index (χ0v) is 10.7. The van der Waals surface area contributed by atoms with Gasteiger partial charge in [-0.3, -0.25) is 9.59 Å². The molecule has 2 amide bonds. The zero-order valence-electron chi connectivity index (χ0n) is 9.10. The Hall–Kier alpha value is -1.99. The lowest BCUT2D eigenvalue weighted by Gasteiger charge is -2.03. The monoisotopic (exact) mass is 279 g/mol. The van der Waals surface area contributed by atoms with E-state index in [0.717, 1.165) is 0 Å². The van der Waals surface area contributed by atoms with Crippen molar-refractivity contribution in [2.75, 3.05) is 5.32 Å². The highest BCUT2D eigenvalue weighted by Crippen LogP contribution is 2.12. The van der Waals surface area contributed by atoms with Gasteiger partial charge in [0.05, 0.1) is 0 Å². The number of primary amides is 1. The molecule has 0 bridgehead atoms. The predicted octanol–water partition coefficient (Wildman–Crippen LogP) is 2.16. The van der Waals surface area contributed by atoms with Gasteiger partial charge in [-0.2, -0.15) is 0 Å². The Morgan fingerprint density at radius 2 is 1.94 bits per heavy atom. The second-order valence-electron chi connectivity index (χ2n) is 3.46. The topological polar surface area (TPSA) is 88.0 Å². The number of amides is 2. The van der Waals surface area contributed by atoms with Crippen molar-refractivity contribution in [2.45, 2.75) is 0 Å². The Morgan fingerprint density at radius 3 is 2.44 bits per heavy atom. The number of hydrogen-bond donors (Lipinski definition) is 3. The van der Waals surface area contributed by atoms with Crippen LogP contribution in [0.2, 0.25) is 0 Å². The highest BCUT2D eigenvalue weighted by molar-refractivity contribution is 7.73. The third-order valence-electron chi connectivity index (χ3n) is 2.19. The average molecular weight is 279 g/mol. The van der Waals surface area contributed by atoms with Crippen molar-refractivity contribution >= 4 is 41.1 Å². The molecule has 1 aromatic carbocycles. The van der Waals surface area contributed by atoms with E-state index in [2.05, 4.69) is 10.3 Å². The Kier molecular flexibility index (Phi) is 3.54. The van der Waals surface area contributed by atoms with E-state index in [-0.39, 0.29) is 5.91 Å². The SMILES string of the molecule is NC(=O)c1ccc(NC(=O)c2csc(=S)[nH]2)cc1. The van der Waals surface area contributed by atoms with Gasteiger partial charge in [-0.1, -0.05) is 0 Å². The van der Waals surface area contributed by atoms with Crippen molar-refractivity contribution in [2.24, 2.45) is 5.73 Å². The molecule has 5 nitrogen and oxygen atoms in total. The van der Waals surface area contributed by atoms with Crippen LogP contribution in [0, 0.1) is 3.95 Å². The molecule has 0 aliphatic heterocycles. The van der Waals surface area contributed by atoms with E-state index in [4.69, 9.17) is 18.0 Å². The fraction of sp³-hybridized carbons (Fsp3) is 0. The van der Waals surface area contributed by atoms with Gasteiger partial charge in [-0.15, -0.1) is 11.3 Å². The first-order valence-electron chi connectivity index (χ1n) is 4.95. The summed E-state index contributed by atoms with van der Waals surface area (Å²) in [5.74, 6) is -0.788. The van der Waals surface area contributed by atoms with E-state index in [1.807, 2.05) is 0 Å². The highest BCUT2D eigenvalue weighted by atomic mass is 32.1. The van der Waals surface area contributed by atoms with E-state index in [9.17, 15) is 9.59 Å². The lowest BCUT2D eigenvalue weighted by molar-refractivity contribution is 0.0998. The minimum Gasteiger partial charge on any atom is -0.366 e. The summed E-state index contributed by atoms with van der Waals surface area (Å²) >= 11 is 6.18. The molecule has 18 heavy (non-hydrogen) atoms. The Balaban J connectivity index is 2.12. The normalized spacial score (nSPS) is 10.0. The first-order valence-corrected chi connectivity index (χ1v) is 6.24. The van der Waals surface area contributed by atoms with Gasteiger partial charge in [-0.05, 0) is 36.5 Å². The van der Waals surface area contributed by atoms with Crippen LogP contribution in [0.15, 0.2) is 29.6 Å². The number of benzene rings is 1. The standard InChI is InChI=1S/C11H9N3O2S2/c12-9(15)6-1-3-7(4-2-6)13-10(16)8-5-18-11(17)14-8/h1-5H,(H2,12,15)(H,13,16)(H,14,17). The van der Waals surface area contributed by atoms with Gasteiger partial charge < -0.3 is 16.0 Å². The molecule has 1 aromatic heterocycles. The van der Waals surface area contributed by atoms with Crippen LogP contribution in [0.3, 0.4) is 0 Å². The first-order chi connectivity index (χ1) is 8.56. The van der Waals surface area contributed by atoms with E-state index >= 15 is 0 Å². The molecule has 0 aliphatic rings. The fourth-order valence-electron chi connectivity index (χ4n) is 1.31. The molecule has 0 saturated carbocycles. The minimum absolute atomic E-state index is 0.283. The van der Waals surface area contributed by atoms with Crippen molar-refractivity contribution in [3.8, 4) is 0 Å². The maximum Gasteiger partial charge on any atom is 0.272 e. The number of anilines is 1. The van der Waals surface area contributed by atoms with Crippen LogP contribution in [0.5, 0.6) is 0 Å². The van der Waals surface area contributed by atoms with Crippen LogP contribution in [0.4, 0.5) is 5.69 Å². The second-order valence-corrected chi connectivity index (χ2v) is 5.00. The molecule has 0 spiro atoms. The smallest absolute Gasteiger partial charge is 0.272 e. The summed E-state index contributed by atoms with van der Waals surface area (Å²) in [4.78, 5) is 25.4. The number of hydrogen-bond acceptors (Lipinski definition) is 4. The van der Waals surface area contributed by atoms with Gasteiger partial charge in [0, 0.05) is 16.6 Å². The van der Waals surface area contributed by atoms with Gasteiger partial charge in [0.25, 0.3) is 5.91 Å². The van der Waals surface area contributed by atoms with Crippen LogP contribution in [0.1, 0.15) is 20.8 Å². The van der Waals surface area contributed by atoms with Crippen LogP contribution in [-0.2, 0) is 0 Å². The molecule has 4 N–H and O–H groups in total. The summed E-state index contributed by atoms with van der Waals surface area (Å²) in [5, 5.41) is 4.32. The van der Waals surface area contributed by atoms with E-state index < -0.39 is 5.91 Å². The average Bonchev–Trinajstić information content (AvgIpc) is 2.76. The number of nitrogens with two attached hydrogens (primary N) is 1. The summed E-state index contributed by atoms with van der Waals surface area (Å²) in [7, 11) is 0. The summed E-state index contributed by atoms with van der Waals surface area (Å²) in [6.45, 7) is 0. The third-order valence-corrected chi connectivity index (χ3v) is 3.25. The number of thiazole rings is 1. The number of H-pyrrole nitrogens is 1. The molecule has 2 rings (SSSR count). The molecule has 92 valence electrons. The molecular weight excluding hydrogens is 270 g/mol. The quantitative estimate of drug-likeness (QED) is 0.752. The highest BCUT2D eigenvalue weighted by Gasteiger charge is 2.08. The molecule has 2 aromatic rings. The molecular formula is C11H9N3O2S2. The number of carbonyl (C=O) groups is 2. The molecule has 1 heterocycles. The van der Waals surface area contributed by atoms with Gasteiger partial charge in [0.15, 0.2) is 3.95 Å². The van der Waals surface area contributed by atoms with Crippen LogP contribution in [0.25, 0.3) is 0 Å². The molecule has 0 radical (unpaired) electrons. The van der Waals surface area contributed by atoms with E-state index in [0.29, 0.717) is 20.9 Å². The van der Waals surface area contributed by atoms with Crippen LogP contribution in [-0.4, -0.2) is 16.8 Å². The van der Waals surface area contributed by atoms with Crippen LogP contribution >= 0.6 is 23.6 Å². The lowest BCUT2D eigenvalue weighted by Crippen LogP contribution is -2.13. The Bertz CT molecular complexity index is 643. The maximum absolute atomic E-state index is 11.8. The number of nitrogens with one attached hydrogen (secondary N) is 2. The number of rotatable bonds is 3. The molecule has 0 saturated heterocycles. The molecule has 0 unspecified atom stereocenters. The largest absolute Gasteiger partial charge is 0.366 e. The van der Waals surface area contributed by atoms with Gasteiger partial charge in [-0.25, -0.2) is 0 Å². The molecule has 0 fully saturated rings. The maximum atomic E-state index is 11.8. The molecule has 7 heteroatoms. The van der Waals surface area contributed by atoms with Crippen molar-refractivity contribution < 1.29 is 9.59 Å². The summed E-state index contributed by atoms with van der Waals surface area (Å²) in [5.41, 5.74) is 6.49. The number of aromatic amines is 1. The summed E-state index contributed by atoms with van der Waals surface area (Å²) in [6, 6.07) is 6.32. The van der Waals surface area contributed by atoms with Crippen molar-refractivity contribution in [1.82, 2.24) is 4.98 Å². The van der Waals surface area contributed by atoms with Crippen molar-refractivity contribution in [3.63, 3.8) is 0 Å². The predicted molar refractivity (Wildman–Crippen MR) is 72.4 cm³/mol. The zero-order chi connectivity index (χ0) is 13.1. The number of aromatic nitrogens is 1. The molecule has 0 aliphatic carbocycles. The van der Waals surface area contributed by atoms with Gasteiger partial charge >= 0.3 is 0 Å². The summed E-state index contributed by atoms with van der Waals surface area (Å²) < 4.78 is 0.546. The second kappa shape index (κ2) is 5.11.